The van der Waals surface area contributed by atoms with Crippen LogP contribution in [0.4, 0.5) is 4.39 Å². The zero-order valence-corrected chi connectivity index (χ0v) is 12.6. The molecular formula is C15H12FNO2S2. The second-order valence-electron chi connectivity index (χ2n) is 4.52. The number of rotatable bonds is 4. The molecule has 1 N–H and O–H groups in total. The maximum Gasteiger partial charge on any atom is 0.125 e. The van der Waals surface area contributed by atoms with Crippen LogP contribution in [0.25, 0.3) is 10.2 Å². The maximum atomic E-state index is 13.1. The molecule has 0 aliphatic heterocycles. The van der Waals surface area contributed by atoms with Gasteiger partial charge in [-0.15, -0.1) is 11.3 Å². The lowest BCUT2D eigenvalue weighted by molar-refractivity contribution is 0.281. The molecule has 6 heteroatoms. The van der Waals surface area contributed by atoms with Gasteiger partial charge in [0.2, 0.25) is 0 Å². The Morgan fingerprint density at radius 2 is 2.10 bits per heavy atom. The molecule has 3 nitrogen and oxygen atoms in total. The Morgan fingerprint density at radius 3 is 2.90 bits per heavy atom. The van der Waals surface area contributed by atoms with Crippen molar-refractivity contribution in [3.05, 3.63) is 58.9 Å². The van der Waals surface area contributed by atoms with Gasteiger partial charge in [0.1, 0.15) is 10.8 Å². The Bertz CT molecular complexity index is 816. The van der Waals surface area contributed by atoms with Crippen molar-refractivity contribution in [2.24, 2.45) is 0 Å². The summed E-state index contributed by atoms with van der Waals surface area (Å²) in [6, 6.07) is 11.5. The van der Waals surface area contributed by atoms with Gasteiger partial charge in [0, 0.05) is 11.0 Å². The average Bonchev–Trinajstić information content (AvgIpc) is 2.88. The molecule has 0 aliphatic carbocycles. The number of aliphatic hydroxyl groups excluding tert-OH is 1. The maximum absolute atomic E-state index is 13.1. The molecule has 3 rings (SSSR count). The fourth-order valence-corrected chi connectivity index (χ4v) is 4.26. The lowest BCUT2D eigenvalue weighted by atomic mass is 10.2. The quantitative estimate of drug-likeness (QED) is 0.802. The second kappa shape index (κ2) is 6.01. The Labute approximate surface area is 127 Å². The Morgan fingerprint density at radius 1 is 1.24 bits per heavy atom. The summed E-state index contributed by atoms with van der Waals surface area (Å²) < 4.78 is 26.4. The summed E-state index contributed by atoms with van der Waals surface area (Å²) in [5.74, 6) is -0.0355. The van der Waals surface area contributed by atoms with Crippen LogP contribution in [-0.4, -0.2) is 14.3 Å². The average molecular weight is 321 g/mol. The summed E-state index contributed by atoms with van der Waals surface area (Å²) in [4.78, 5) is 4.98. The van der Waals surface area contributed by atoms with E-state index in [1.807, 2.05) is 0 Å². The Kier molecular flexibility index (Phi) is 4.10. The third-order valence-corrected chi connectivity index (χ3v) is 5.53. The molecule has 0 saturated carbocycles. The van der Waals surface area contributed by atoms with Crippen LogP contribution in [0.2, 0.25) is 0 Å². The van der Waals surface area contributed by atoms with E-state index < -0.39 is 10.8 Å². The van der Waals surface area contributed by atoms with Gasteiger partial charge in [-0.3, -0.25) is 4.21 Å². The number of benzene rings is 2. The molecule has 1 heterocycles. The molecule has 3 aromatic rings. The van der Waals surface area contributed by atoms with Gasteiger partial charge >= 0.3 is 0 Å². The van der Waals surface area contributed by atoms with Crippen LogP contribution in [0.1, 0.15) is 10.6 Å². The van der Waals surface area contributed by atoms with E-state index in [9.17, 15) is 8.60 Å². The molecule has 0 radical (unpaired) electrons. The van der Waals surface area contributed by atoms with Crippen molar-refractivity contribution >= 4 is 32.4 Å². The van der Waals surface area contributed by atoms with Crippen LogP contribution < -0.4 is 0 Å². The van der Waals surface area contributed by atoms with Gasteiger partial charge < -0.3 is 5.11 Å². The lowest BCUT2D eigenvalue weighted by Gasteiger charge is -2.02. The minimum atomic E-state index is -1.24. The topological polar surface area (TPSA) is 50.2 Å². The van der Waals surface area contributed by atoms with E-state index in [4.69, 9.17) is 5.11 Å². The zero-order chi connectivity index (χ0) is 14.8. The number of fused-ring (bicyclic) bond motifs is 1. The summed E-state index contributed by atoms with van der Waals surface area (Å²) in [5.41, 5.74) is 1.32. The van der Waals surface area contributed by atoms with E-state index in [1.165, 1.54) is 23.5 Å². The fraction of sp³-hybridized carbons (Fsp3) is 0.133. The first-order valence-corrected chi connectivity index (χ1v) is 8.42. The van der Waals surface area contributed by atoms with Gasteiger partial charge in [0.05, 0.1) is 33.4 Å². The number of thiazole rings is 1. The Balaban J connectivity index is 1.85. The highest BCUT2D eigenvalue weighted by molar-refractivity contribution is 7.84. The number of aliphatic hydroxyl groups is 1. The molecule has 0 spiro atoms. The third kappa shape index (κ3) is 3.18. The summed E-state index contributed by atoms with van der Waals surface area (Å²) in [5, 5.41) is 9.82. The van der Waals surface area contributed by atoms with Crippen LogP contribution >= 0.6 is 11.3 Å². The van der Waals surface area contributed by atoms with Gasteiger partial charge in [0.25, 0.3) is 0 Å². The minimum absolute atomic E-state index is 0.0779. The highest BCUT2D eigenvalue weighted by Crippen LogP contribution is 2.25. The van der Waals surface area contributed by atoms with Crippen molar-refractivity contribution < 1.29 is 13.7 Å². The van der Waals surface area contributed by atoms with Crippen molar-refractivity contribution in [3.8, 4) is 0 Å². The second-order valence-corrected chi connectivity index (χ2v) is 7.08. The van der Waals surface area contributed by atoms with Crippen LogP contribution in [0, 0.1) is 5.82 Å². The van der Waals surface area contributed by atoms with Crippen LogP contribution in [0.15, 0.2) is 47.4 Å². The standard InChI is InChI=1S/C15H12FNO2S2/c16-11-4-5-14-13(7-11)17-15(20-14)9-21(19)12-3-1-2-10(6-12)8-18/h1-7,18H,8-9H2. The number of halogens is 1. The molecule has 0 amide bonds. The molecule has 1 atom stereocenters. The van der Waals surface area contributed by atoms with Crippen LogP contribution in [0.3, 0.4) is 0 Å². The van der Waals surface area contributed by atoms with Crippen molar-refractivity contribution in [1.29, 1.82) is 0 Å². The molecule has 0 saturated heterocycles. The van der Waals surface area contributed by atoms with Gasteiger partial charge in [0.15, 0.2) is 0 Å². The third-order valence-electron chi connectivity index (χ3n) is 2.99. The summed E-state index contributed by atoms with van der Waals surface area (Å²) in [6.07, 6.45) is 0. The first-order valence-electron chi connectivity index (χ1n) is 6.29. The molecule has 0 bridgehead atoms. The van der Waals surface area contributed by atoms with Crippen molar-refractivity contribution in [1.82, 2.24) is 4.98 Å². The molecule has 108 valence electrons. The van der Waals surface area contributed by atoms with Crippen molar-refractivity contribution in [3.63, 3.8) is 0 Å². The molecule has 0 fully saturated rings. The molecule has 2 aromatic carbocycles. The van der Waals surface area contributed by atoms with E-state index in [1.54, 1.807) is 30.3 Å². The van der Waals surface area contributed by atoms with Crippen LogP contribution in [0.5, 0.6) is 0 Å². The van der Waals surface area contributed by atoms with Crippen molar-refractivity contribution in [2.45, 2.75) is 17.3 Å². The lowest BCUT2D eigenvalue weighted by Crippen LogP contribution is -1.97. The molecule has 1 aromatic heterocycles. The zero-order valence-electron chi connectivity index (χ0n) is 11.0. The van der Waals surface area contributed by atoms with Crippen LogP contribution in [-0.2, 0) is 23.2 Å². The van der Waals surface area contributed by atoms with E-state index in [0.29, 0.717) is 15.4 Å². The largest absolute Gasteiger partial charge is 0.392 e. The first-order chi connectivity index (χ1) is 10.2. The highest BCUT2D eigenvalue weighted by atomic mass is 32.2. The van der Waals surface area contributed by atoms with Gasteiger partial charge in [-0.2, -0.15) is 0 Å². The van der Waals surface area contributed by atoms with E-state index >= 15 is 0 Å². The van der Waals surface area contributed by atoms with Gasteiger partial charge in [-0.25, -0.2) is 9.37 Å². The summed E-state index contributed by atoms with van der Waals surface area (Å²) in [6.45, 7) is -0.0779. The van der Waals surface area contributed by atoms with Gasteiger partial charge in [-0.1, -0.05) is 12.1 Å². The van der Waals surface area contributed by atoms with E-state index in [2.05, 4.69) is 4.98 Å². The minimum Gasteiger partial charge on any atom is -0.392 e. The predicted octanol–water partition coefficient (Wildman–Crippen LogP) is 3.24. The number of nitrogens with zero attached hydrogens (tertiary/aromatic N) is 1. The molecule has 1 unspecified atom stereocenters. The normalized spacial score (nSPS) is 12.7. The molecular weight excluding hydrogens is 309 g/mol. The van der Waals surface area contributed by atoms with E-state index in [0.717, 1.165) is 10.3 Å². The van der Waals surface area contributed by atoms with Gasteiger partial charge in [-0.05, 0) is 29.8 Å². The molecule has 0 aliphatic rings. The summed E-state index contributed by atoms with van der Waals surface area (Å²) in [7, 11) is -1.24. The fourth-order valence-electron chi connectivity index (χ4n) is 1.99. The van der Waals surface area contributed by atoms with E-state index in [-0.39, 0.29) is 18.2 Å². The first kappa shape index (κ1) is 14.3. The Hall–Kier alpha value is -1.63. The predicted molar refractivity (Wildman–Crippen MR) is 82.1 cm³/mol. The number of hydrogen-bond acceptors (Lipinski definition) is 4. The highest BCUT2D eigenvalue weighted by Gasteiger charge is 2.11. The number of aromatic nitrogens is 1. The molecule has 21 heavy (non-hydrogen) atoms. The van der Waals surface area contributed by atoms with Crippen molar-refractivity contribution in [2.75, 3.05) is 0 Å². The smallest absolute Gasteiger partial charge is 0.125 e. The summed E-state index contributed by atoms with van der Waals surface area (Å²) >= 11 is 1.42. The monoisotopic (exact) mass is 321 g/mol. The SMILES string of the molecule is O=S(Cc1nc2cc(F)ccc2s1)c1cccc(CO)c1. The number of hydrogen-bond donors (Lipinski definition) is 1.